The van der Waals surface area contributed by atoms with E-state index in [9.17, 15) is 10.1 Å². The lowest BCUT2D eigenvalue weighted by Crippen LogP contribution is -2.44. The largest absolute Gasteiger partial charge is 0.341 e. The standard InChI is InChI=1S/C15H28N2O/c1-6-9-15(12-16,10-7-2)14(18)17(8-3)11-13(4)5/h13H,6-11H2,1-5H3. The molecule has 18 heavy (non-hydrogen) atoms. The van der Waals surface area contributed by atoms with Crippen molar-refractivity contribution in [3.05, 3.63) is 0 Å². The smallest absolute Gasteiger partial charge is 0.243 e. The van der Waals surface area contributed by atoms with E-state index in [0.717, 1.165) is 19.4 Å². The monoisotopic (exact) mass is 252 g/mol. The molecule has 1 amide bonds. The molecule has 0 N–H and O–H groups in total. The van der Waals surface area contributed by atoms with Crippen LogP contribution < -0.4 is 0 Å². The number of nitriles is 1. The van der Waals surface area contributed by atoms with Crippen LogP contribution in [0, 0.1) is 22.7 Å². The summed E-state index contributed by atoms with van der Waals surface area (Å²) in [7, 11) is 0. The van der Waals surface area contributed by atoms with Gasteiger partial charge in [-0.1, -0.05) is 40.5 Å². The Labute approximate surface area is 112 Å². The molecule has 0 heterocycles. The lowest BCUT2D eigenvalue weighted by Gasteiger charge is -2.32. The molecule has 0 unspecified atom stereocenters. The van der Waals surface area contributed by atoms with Gasteiger partial charge in [0.1, 0.15) is 5.41 Å². The molecule has 0 aromatic heterocycles. The number of amides is 1. The first kappa shape index (κ1) is 17.0. The van der Waals surface area contributed by atoms with E-state index in [1.807, 2.05) is 25.7 Å². The zero-order chi connectivity index (χ0) is 14.2. The van der Waals surface area contributed by atoms with E-state index in [4.69, 9.17) is 0 Å². The zero-order valence-electron chi connectivity index (χ0n) is 12.6. The van der Waals surface area contributed by atoms with Crippen molar-refractivity contribution in [2.24, 2.45) is 11.3 Å². The van der Waals surface area contributed by atoms with Crippen LogP contribution in [0.3, 0.4) is 0 Å². The Morgan fingerprint density at radius 2 is 1.72 bits per heavy atom. The lowest BCUT2D eigenvalue weighted by atomic mass is 9.79. The normalized spacial score (nSPS) is 11.4. The summed E-state index contributed by atoms with van der Waals surface area (Å²) in [5, 5.41) is 9.49. The summed E-state index contributed by atoms with van der Waals surface area (Å²) in [5.74, 6) is 0.471. The average molecular weight is 252 g/mol. The van der Waals surface area contributed by atoms with E-state index in [1.165, 1.54) is 0 Å². The molecule has 0 aliphatic heterocycles. The third-order valence-corrected chi connectivity index (χ3v) is 3.23. The van der Waals surface area contributed by atoms with Gasteiger partial charge in [-0.15, -0.1) is 0 Å². The summed E-state index contributed by atoms with van der Waals surface area (Å²) in [6.07, 6.45) is 3.09. The molecular formula is C15H28N2O. The minimum Gasteiger partial charge on any atom is -0.341 e. The zero-order valence-corrected chi connectivity index (χ0v) is 12.6. The fraction of sp³-hybridized carbons (Fsp3) is 0.867. The molecule has 0 saturated heterocycles. The second kappa shape index (κ2) is 8.13. The van der Waals surface area contributed by atoms with Crippen LogP contribution in [-0.4, -0.2) is 23.9 Å². The van der Waals surface area contributed by atoms with Crippen molar-refractivity contribution >= 4 is 5.91 Å². The fourth-order valence-corrected chi connectivity index (χ4v) is 2.45. The van der Waals surface area contributed by atoms with Crippen LogP contribution in [0.2, 0.25) is 0 Å². The van der Waals surface area contributed by atoms with Crippen LogP contribution in [0.4, 0.5) is 0 Å². The highest BCUT2D eigenvalue weighted by atomic mass is 16.2. The second-order valence-electron chi connectivity index (χ2n) is 5.43. The van der Waals surface area contributed by atoms with Gasteiger partial charge in [0, 0.05) is 13.1 Å². The number of nitrogens with zero attached hydrogens (tertiary/aromatic N) is 2. The summed E-state index contributed by atoms with van der Waals surface area (Å²) in [6.45, 7) is 11.7. The summed E-state index contributed by atoms with van der Waals surface area (Å²) >= 11 is 0. The van der Waals surface area contributed by atoms with Gasteiger partial charge in [-0.3, -0.25) is 4.79 Å². The predicted molar refractivity (Wildman–Crippen MR) is 75.0 cm³/mol. The van der Waals surface area contributed by atoms with Crippen molar-refractivity contribution in [2.45, 2.75) is 60.3 Å². The Hall–Kier alpha value is -1.04. The van der Waals surface area contributed by atoms with Gasteiger partial charge in [0.05, 0.1) is 6.07 Å². The molecule has 0 fully saturated rings. The Morgan fingerprint density at radius 3 is 2.00 bits per heavy atom. The van der Waals surface area contributed by atoms with Crippen molar-refractivity contribution in [3.63, 3.8) is 0 Å². The first-order valence-corrected chi connectivity index (χ1v) is 7.18. The minimum atomic E-state index is -0.797. The highest BCUT2D eigenvalue weighted by Gasteiger charge is 2.39. The van der Waals surface area contributed by atoms with Gasteiger partial charge in [-0.2, -0.15) is 5.26 Å². The minimum absolute atomic E-state index is 0.0323. The molecule has 0 aliphatic carbocycles. The first-order valence-electron chi connectivity index (χ1n) is 7.18. The molecule has 0 radical (unpaired) electrons. The fourth-order valence-electron chi connectivity index (χ4n) is 2.45. The van der Waals surface area contributed by atoms with Crippen LogP contribution in [-0.2, 0) is 4.79 Å². The van der Waals surface area contributed by atoms with Gasteiger partial charge in [0.2, 0.25) is 5.91 Å². The van der Waals surface area contributed by atoms with Crippen LogP contribution in [0.5, 0.6) is 0 Å². The highest BCUT2D eigenvalue weighted by Crippen LogP contribution is 2.31. The average Bonchev–Trinajstić information content (AvgIpc) is 2.34. The highest BCUT2D eigenvalue weighted by molar-refractivity contribution is 5.85. The molecule has 0 aliphatic rings. The van der Waals surface area contributed by atoms with E-state index >= 15 is 0 Å². The number of hydrogen-bond donors (Lipinski definition) is 0. The molecule has 0 rings (SSSR count). The van der Waals surface area contributed by atoms with Crippen molar-refractivity contribution in [2.75, 3.05) is 13.1 Å². The van der Waals surface area contributed by atoms with Crippen LogP contribution in [0.15, 0.2) is 0 Å². The molecular weight excluding hydrogens is 224 g/mol. The van der Waals surface area contributed by atoms with E-state index in [0.29, 0.717) is 25.3 Å². The molecule has 0 aromatic carbocycles. The third kappa shape index (κ3) is 4.33. The number of rotatable bonds is 8. The summed E-state index contributed by atoms with van der Waals surface area (Å²) in [4.78, 5) is 14.5. The second-order valence-corrected chi connectivity index (χ2v) is 5.43. The third-order valence-electron chi connectivity index (χ3n) is 3.23. The van der Waals surface area contributed by atoms with Crippen LogP contribution in [0.25, 0.3) is 0 Å². The quantitative estimate of drug-likeness (QED) is 0.662. The Bertz CT molecular complexity index is 285. The van der Waals surface area contributed by atoms with Crippen molar-refractivity contribution < 1.29 is 4.79 Å². The molecule has 104 valence electrons. The number of carbonyl (C=O) groups is 1. The van der Waals surface area contributed by atoms with Crippen molar-refractivity contribution in [1.29, 1.82) is 5.26 Å². The van der Waals surface area contributed by atoms with Gasteiger partial charge in [-0.25, -0.2) is 0 Å². The maximum absolute atomic E-state index is 12.6. The molecule has 3 heteroatoms. The van der Waals surface area contributed by atoms with Gasteiger partial charge in [-0.05, 0) is 25.7 Å². The predicted octanol–water partition coefficient (Wildman–Crippen LogP) is 3.60. The number of carbonyl (C=O) groups excluding carboxylic acids is 1. The van der Waals surface area contributed by atoms with E-state index in [-0.39, 0.29) is 5.91 Å². The van der Waals surface area contributed by atoms with Gasteiger partial charge < -0.3 is 4.90 Å². The molecule has 0 atom stereocenters. The van der Waals surface area contributed by atoms with Gasteiger partial charge >= 0.3 is 0 Å². The van der Waals surface area contributed by atoms with E-state index in [2.05, 4.69) is 19.9 Å². The van der Waals surface area contributed by atoms with Crippen LogP contribution >= 0.6 is 0 Å². The van der Waals surface area contributed by atoms with Gasteiger partial charge in [0.25, 0.3) is 0 Å². The molecule has 0 aromatic rings. The topological polar surface area (TPSA) is 44.1 Å². The lowest BCUT2D eigenvalue weighted by molar-refractivity contribution is -0.140. The maximum Gasteiger partial charge on any atom is 0.243 e. The summed E-state index contributed by atoms with van der Waals surface area (Å²) < 4.78 is 0. The van der Waals surface area contributed by atoms with E-state index < -0.39 is 5.41 Å². The molecule has 3 nitrogen and oxygen atoms in total. The SMILES string of the molecule is CCCC(C#N)(CCC)C(=O)N(CC)CC(C)C. The van der Waals surface area contributed by atoms with E-state index in [1.54, 1.807) is 0 Å². The Kier molecular flexibility index (Phi) is 7.66. The Balaban J connectivity index is 5.08. The molecule has 0 saturated carbocycles. The van der Waals surface area contributed by atoms with Crippen LogP contribution in [0.1, 0.15) is 60.3 Å². The van der Waals surface area contributed by atoms with Gasteiger partial charge in [0.15, 0.2) is 0 Å². The van der Waals surface area contributed by atoms with Crippen molar-refractivity contribution in [3.8, 4) is 6.07 Å². The van der Waals surface area contributed by atoms with Crippen molar-refractivity contribution in [1.82, 2.24) is 4.90 Å². The first-order chi connectivity index (χ1) is 8.47. The molecule has 0 bridgehead atoms. The Morgan fingerprint density at radius 1 is 1.22 bits per heavy atom. The molecule has 0 spiro atoms. The maximum atomic E-state index is 12.6. The summed E-state index contributed by atoms with van der Waals surface area (Å²) in [6, 6.07) is 2.31. The number of hydrogen-bond acceptors (Lipinski definition) is 2. The summed E-state index contributed by atoms with van der Waals surface area (Å²) in [5.41, 5.74) is -0.797.